The van der Waals surface area contributed by atoms with E-state index in [-0.39, 0.29) is 24.6 Å². The van der Waals surface area contributed by atoms with E-state index in [2.05, 4.69) is 10.4 Å². The fraction of sp³-hybridized carbons (Fsp3) is 0.579. The number of aromatic nitrogens is 2. The quantitative estimate of drug-likeness (QED) is 0.747. The van der Waals surface area contributed by atoms with Crippen LogP contribution in [0.2, 0.25) is 5.02 Å². The van der Waals surface area contributed by atoms with Crippen molar-refractivity contribution in [2.24, 2.45) is 5.92 Å². The van der Waals surface area contributed by atoms with Gasteiger partial charge in [-0.15, -0.1) is 0 Å². The van der Waals surface area contributed by atoms with Crippen LogP contribution in [0.3, 0.4) is 0 Å². The molecule has 4 rings (SSSR count). The molecule has 1 fully saturated rings. The number of hydrogen-bond acceptors (Lipinski definition) is 4. The van der Waals surface area contributed by atoms with Crippen molar-refractivity contribution in [2.75, 3.05) is 19.7 Å². The summed E-state index contributed by atoms with van der Waals surface area (Å²) in [6.45, 7) is 4.96. The van der Waals surface area contributed by atoms with E-state index in [4.69, 9.17) is 16.7 Å². The molecule has 2 aliphatic rings. The summed E-state index contributed by atoms with van der Waals surface area (Å²) in [5.74, 6) is 0.182. The highest BCUT2D eigenvalue weighted by atomic mass is 35.5. The van der Waals surface area contributed by atoms with Gasteiger partial charge in [0.25, 0.3) is 0 Å². The van der Waals surface area contributed by atoms with Crippen molar-refractivity contribution < 1.29 is 15.0 Å². The first-order chi connectivity index (χ1) is 12.9. The summed E-state index contributed by atoms with van der Waals surface area (Å²) in [7, 11) is 0. The molecule has 2 amide bonds. The molecule has 0 aliphatic carbocycles. The molecule has 2 aliphatic heterocycles. The molecule has 0 radical (unpaired) electrons. The summed E-state index contributed by atoms with van der Waals surface area (Å²) >= 11 is 6.22. The van der Waals surface area contributed by atoms with Gasteiger partial charge in [0.05, 0.1) is 29.9 Å². The van der Waals surface area contributed by atoms with Crippen LogP contribution in [0.15, 0.2) is 18.3 Å². The van der Waals surface area contributed by atoms with Gasteiger partial charge in [0.2, 0.25) is 0 Å². The molecule has 1 unspecified atom stereocenters. The van der Waals surface area contributed by atoms with Crippen LogP contribution in [0.5, 0.6) is 0 Å². The Kier molecular flexibility index (Phi) is 4.56. The number of carbonyl (C=O) groups excluding carboxylic acids is 1. The van der Waals surface area contributed by atoms with Crippen molar-refractivity contribution in [3.63, 3.8) is 0 Å². The number of halogens is 1. The highest BCUT2D eigenvalue weighted by Gasteiger charge is 2.50. The maximum absolute atomic E-state index is 12.3. The van der Waals surface area contributed by atoms with Gasteiger partial charge in [0.15, 0.2) is 0 Å². The summed E-state index contributed by atoms with van der Waals surface area (Å²) in [6.07, 6.45) is 2.67. The Hall–Kier alpha value is -1.83. The summed E-state index contributed by atoms with van der Waals surface area (Å²) < 4.78 is 1.95. The van der Waals surface area contributed by atoms with Crippen molar-refractivity contribution in [3.8, 4) is 0 Å². The molecule has 3 N–H and O–H groups in total. The lowest BCUT2D eigenvalue weighted by atomic mass is 9.75. The van der Waals surface area contributed by atoms with Crippen molar-refractivity contribution >= 4 is 28.5 Å². The predicted molar refractivity (Wildman–Crippen MR) is 103 cm³/mol. The SMILES string of the molecule is C[C@@H](CO)NC(=O)N1CCC(C2(C)[C@H](O)c3cc(Cl)cc4cnn2c34)CC1. The van der Waals surface area contributed by atoms with E-state index >= 15 is 0 Å². The minimum absolute atomic E-state index is 0.0808. The second-order valence-electron chi connectivity index (χ2n) is 7.91. The summed E-state index contributed by atoms with van der Waals surface area (Å²) in [5.41, 5.74) is 1.22. The highest BCUT2D eigenvalue weighted by molar-refractivity contribution is 6.31. The molecule has 2 aromatic rings. The molecular weight excluding hydrogens is 368 g/mol. The normalized spacial score (nSPS) is 26.6. The number of benzene rings is 1. The van der Waals surface area contributed by atoms with Gasteiger partial charge in [-0.3, -0.25) is 4.68 Å². The van der Waals surface area contributed by atoms with E-state index in [9.17, 15) is 9.90 Å². The zero-order valence-electron chi connectivity index (χ0n) is 15.5. The third-order valence-electron chi connectivity index (χ3n) is 6.21. The van der Waals surface area contributed by atoms with Gasteiger partial charge in [-0.1, -0.05) is 11.6 Å². The molecule has 8 heteroatoms. The van der Waals surface area contributed by atoms with Gasteiger partial charge in [-0.05, 0) is 44.7 Å². The zero-order valence-corrected chi connectivity index (χ0v) is 16.3. The lowest BCUT2D eigenvalue weighted by Crippen LogP contribution is -2.51. The highest BCUT2D eigenvalue weighted by Crippen LogP contribution is 2.51. The standard InChI is InChI=1S/C19H25ClN4O3/c1-11(10-25)22-18(27)23-5-3-13(4-6-23)19(2)17(26)15-8-14(20)7-12-9-21-24(19)16(12)15/h7-9,11,13,17,25-26H,3-6,10H2,1-2H3,(H,22,27)/t11-,17+,19?/m0/s1. The predicted octanol–water partition coefficient (Wildman–Crippen LogP) is 2.25. The molecule has 0 spiro atoms. The summed E-state index contributed by atoms with van der Waals surface area (Å²) in [4.78, 5) is 14.1. The van der Waals surface area contributed by atoms with Crippen molar-refractivity contribution in [1.29, 1.82) is 0 Å². The lowest BCUT2D eigenvalue weighted by Gasteiger charge is -2.43. The third-order valence-corrected chi connectivity index (χ3v) is 6.43. The third kappa shape index (κ3) is 2.80. The molecule has 146 valence electrons. The largest absolute Gasteiger partial charge is 0.394 e. The second-order valence-corrected chi connectivity index (χ2v) is 8.35. The molecule has 3 heterocycles. The maximum Gasteiger partial charge on any atom is 0.317 e. The maximum atomic E-state index is 12.3. The number of hydrogen-bond donors (Lipinski definition) is 3. The molecule has 1 saturated heterocycles. The van der Waals surface area contributed by atoms with Crippen LogP contribution >= 0.6 is 11.6 Å². The number of carbonyl (C=O) groups is 1. The molecule has 0 bridgehead atoms. The first-order valence-corrected chi connectivity index (χ1v) is 9.76. The lowest BCUT2D eigenvalue weighted by molar-refractivity contribution is -0.0118. The van der Waals surface area contributed by atoms with E-state index < -0.39 is 11.6 Å². The first-order valence-electron chi connectivity index (χ1n) is 9.38. The Morgan fingerprint density at radius 2 is 2.15 bits per heavy atom. The van der Waals surface area contributed by atoms with E-state index in [1.165, 1.54) is 0 Å². The topological polar surface area (TPSA) is 90.6 Å². The van der Waals surface area contributed by atoms with Crippen LogP contribution in [0, 0.1) is 5.92 Å². The molecular formula is C19H25ClN4O3. The minimum Gasteiger partial charge on any atom is -0.394 e. The van der Waals surface area contributed by atoms with E-state index in [0.717, 1.165) is 29.3 Å². The number of nitrogens with one attached hydrogen (secondary N) is 1. The Morgan fingerprint density at radius 1 is 1.44 bits per heavy atom. The van der Waals surface area contributed by atoms with Crippen LogP contribution in [0.4, 0.5) is 4.79 Å². The Bertz CT molecular complexity index is 877. The van der Waals surface area contributed by atoms with Crippen LogP contribution in [0.25, 0.3) is 10.9 Å². The number of urea groups is 1. The number of nitrogens with zero attached hydrogens (tertiary/aromatic N) is 3. The number of aliphatic hydroxyl groups is 2. The molecule has 1 aromatic heterocycles. The molecule has 3 atom stereocenters. The molecule has 7 nitrogen and oxygen atoms in total. The number of amides is 2. The van der Waals surface area contributed by atoms with Gasteiger partial charge in [0.1, 0.15) is 6.10 Å². The molecule has 1 aromatic carbocycles. The fourth-order valence-corrected chi connectivity index (χ4v) is 4.81. The number of piperidine rings is 1. The number of likely N-dealkylation sites (tertiary alicyclic amines) is 1. The van der Waals surface area contributed by atoms with Crippen LogP contribution < -0.4 is 5.32 Å². The van der Waals surface area contributed by atoms with Crippen LogP contribution in [-0.2, 0) is 5.54 Å². The van der Waals surface area contributed by atoms with Gasteiger partial charge < -0.3 is 20.4 Å². The Morgan fingerprint density at radius 3 is 2.81 bits per heavy atom. The van der Waals surface area contributed by atoms with E-state index in [1.807, 2.05) is 23.7 Å². The first kappa shape index (κ1) is 18.5. The average molecular weight is 393 g/mol. The Balaban J connectivity index is 1.54. The van der Waals surface area contributed by atoms with Crippen molar-refractivity contribution in [1.82, 2.24) is 20.0 Å². The monoisotopic (exact) mass is 392 g/mol. The minimum atomic E-state index is -0.679. The fourth-order valence-electron chi connectivity index (χ4n) is 4.58. The summed E-state index contributed by atoms with van der Waals surface area (Å²) in [6, 6.07) is 3.29. The molecule has 0 saturated carbocycles. The van der Waals surface area contributed by atoms with Crippen molar-refractivity contribution in [3.05, 3.63) is 28.9 Å². The van der Waals surface area contributed by atoms with Crippen LogP contribution in [0.1, 0.15) is 38.4 Å². The van der Waals surface area contributed by atoms with Gasteiger partial charge in [-0.2, -0.15) is 5.10 Å². The average Bonchev–Trinajstić information content (AvgIpc) is 3.18. The smallest absolute Gasteiger partial charge is 0.317 e. The Labute approximate surface area is 162 Å². The van der Waals surface area contributed by atoms with Crippen molar-refractivity contribution in [2.45, 2.75) is 44.4 Å². The zero-order chi connectivity index (χ0) is 19.3. The van der Waals surface area contributed by atoms with Gasteiger partial charge in [-0.25, -0.2) is 4.79 Å². The van der Waals surface area contributed by atoms with Gasteiger partial charge in [0, 0.05) is 29.1 Å². The van der Waals surface area contributed by atoms with Crippen LogP contribution in [-0.4, -0.2) is 56.7 Å². The number of aliphatic hydroxyl groups excluding tert-OH is 2. The van der Waals surface area contributed by atoms with Gasteiger partial charge >= 0.3 is 6.03 Å². The number of rotatable bonds is 3. The van der Waals surface area contributed by atoms with E-state index in [1.54, 1.807) is 18.0 Å². The molecule has 27 heavy (non-hydrogen) atoms. The van der Waals surface area contributed by atoms with E-state index in [0.29, 0.717) is 18.1 Å². The summed E-state index contributed by atoms with van der Waals surface area (Å²) in [5, 5.41) is 29.1. The second kappa shape index (κ2) is 6.65.